The van der Waals surface area contributed by atoms with Crippen LogP contribution in [-0.2, 0) is 9.59 Å². The first kappa shape index (κ1) is 20.4. The minimum atomic E-state index is -0.270. The van der Waals surface area contributed by atoms with Crippen molar-refractivity contribution in [1.29, 1.82) is 0 Å². The van der Waals surface area contributed by atoms with Gasteiger partial charge in [-0.05, 0) is 42.6 Å². The number of methoxy groups -OCH3 is 1. The zero-order valence-corrected chi connectivity index (χ0v) is 17.7. The van der Waals surface area contributed by atoms with E-state index in [1.54, 1.807) is 24.3 Å². The molecule has 1 aromatic heterocycles. The Bertz CT molecular complexity index is 942. The zero-order chi connectivity index (χ0) is 20.1. The van der Waals surface area contributed by atoms with Crippen LogP contribution in [0.15, 0.2) is 46.4 Å². The summed E-state index contributed by atoms with van der Waals surface area (Å²) in [7, 11) is 1.53. The number of halogens is 1. The molecule has 2 aromatic rings. The molecule has 0 saturated carbocycles. The van der Waals surface area contributed by atoms with Gasteiger partial charge in [-0.15, -0.1) is 11.3 Å². The van der Waals surface area contributed by atoms with Crippen LogP contribution >= 0.6 is 34.7 Å². The molecule has 2 amide bonds. The maximum absolute atomic E-state index is 13.0. The molecule has 1 N–H and O–H groups in total. The molecule has 1 aliphatic heterocycles. The van der Waals surface area contributed by atoms with Crippen molar-refractivity contribution in [1.82, 2.24) is 5.32 Å². The summed E-state index contributed by atoms with van der Waals surface area (Å²) in [6.07, 6.45) is 1.74. The molecule has 0 unspecified atom stereocenters. The predicted molar refractivity (Wildman–Crippen MR) is 116 cm³/mol. The number of rotatable bonds is 6. The van der Waals surface area contributed by atoms with Crippen molar-refractivity contribution >= 4 is 63.4 Å². The second kappa shape index (κ2) is 9.27. The van der Waals surface area contributed by atoms with Gasteiger partial charge in [-0.3, -0.25) is 14.5 Å². The van der Waals surface area contributed by atoms with Gasteiger partial charge in [0.25, 0.3) is 5.91 Å². The minimum Gasteiger partial charge on any atom is -0.495 e. The molecule has 0 spiro atoms. The first-order chi connectivity index (χ1) is 13.5. The maximum atomic E-state index is 13.0. The van der Waals surface area contributed by atoms with Gasteiger partial charge in [0.1, 0.15) is 11.4 Å². The highest BCUT2D eigenvalue weighted by molar-refractivity contribution is 8.14. The Morgan fingerprint density at radius 2 is 2.25 bits per heavy atom. The molecular formula is C19H18ClN3O3S2. The summed E-state index contributed by atoms with van der Waals surface area (Å²) < 4.78 is 5.18. The number of aliphatic imine (C=N–C) groups is 1. The fourth-order valence-electron chi connectivity index (χ4n) is 2.50. The Kier molecular flexibility index (Phi) is 6.77. The molecule has 0 bridgehead atoms. The molecule has 0 saturated heterocycles. The number of anilines is 1. The van der Waals surface area contributed by atoms with E-state index in [1.165, 1.54) is 35.1 Å². The molecule has 0 radical (unpaired) electrons. The van der Waals surface area contributed by atoms with Crippen molar-refractivity contribution in [2.24, 2.45) is 4.99 Å². The Labute approximate surface area is 176 Å². The number of hydrogen-bond acceptors (Lipinski definition) is 6. The number of benzene rings is 1. The fraction of sp³-hybridized carbons (Fsp3) is 0.211. The summed E-state index contributed by atoms with van der Waals surface area (Å²) in [5, 5.41) is 5.49. The fourth-order valence-corrected chi connectivity index (χ4v) is 4.25. The molecule has 1 aliphatic rings. The van der Waals surface area contributed by atoms with Gasteiger partial charge < -0.3 is 10.1 Å². The van der Waals surface area contributed by atoms with E-state index in [0.29, 0.717) is 33.9 Å². The molecule has 3 rings (SSSR count). The van der Waals surface area contributed by atoms with E-state index in [0.717, 1.165) is 4.88 Å². The Hall–Kier alpha value is -2.29. The summed E-state index contributed by atoms with van der Waals surface area (Å²) in [6.45, 7) is 2.40. The van der Waals surface area contributed by atoms with Crippen LogP contribution in [0.4, 0.5) is 5.69 Å². The number of ether oxygens (including phenoxy) is 1. The van der Waals surface area contributed by atoms with E-state index in [9.17, 15) is 9.59 Å². The highest BCUT2D eigenvalue weighted by Crippen LogP contribution is 2.34. The third-order valence-corrected chi connectivity index (χ3v) is 5.80. The Morgan fingerprint density at radius 1 is 1.43 bits per heavy atom. The van der Waals surface area contributed by atoms with E-state index in [4.69, 9.17) is 16.3 Å². The summed E-state index contributed by atoms with van der Waals surface area (Å²) in [4.78, 5) is 31.8. The van der Waals surface area contributed by atoms with Crippen molar-refractivity contribution in [3.05, 3.63) is 51.3 Å². The number of thioether (sulfide) groups is 1. The van der Waals surface area contributed by atoms with Crippen LogP contribution in [-0.4, -0.2) is 36.4 Å². The normalized spacial score (nSPS) is 15.1. The molecule has 0 atom stereocenters. The average molecular weight is 436 g/mol. The highest BCUT2D eigenvalue weighted by atomic mass is 35.5. The van der Waals surface area contributed by atoms with Crippen molar-refractivity contribution < 1.29 is 14.3 Å². The second-order valence-electron chi connectivity index (χ2n) is 5.64. The van der Waals surface area contributed by atoms with Crippen LogP contribution in [0.3, 0.4) is 0 Å². The summed E-state index contributed by atoms with van der Waals surface area (Å²) in [5.41, 5.74) is 0.875. The average Bonchev–Trinajstić information content (AvgIpc) is 3.29. The highest BCUT2D eigenvalue weighted by Gasteiger charge is 2.32. The van der Waals surface area contributed by atoms with Crippen LogP contribution in [0.5, 0.6) is 5.75 Å². The number of thiophene rings is 1. The topological polar surface area (TPSA) is 71.0 Å². The van der Waals surface area contributed by atoms with Crippen molar-refractivity contribution in [2.45, 2.75) is 6.92 Å². The standard InChI is InChI=1S/C19H18ClN3O3S2/c1-3-21-17(24)11-28-19-22-15(10-13-5-4-8-27-13)18(25)23(19)12-6-7-16(26-2)14(20)9-12/h4-10H,3,11H2,1-2H3,(H,21,24). The van der Waals surface area contributed by atoms with Gasteiger partial charge in [0, 0.05) is 11.4 Å². The molecule has 2 heterocycles. The molecule has 1 aromatic carbocycles. The molecule has 0 aliphatic carbocycles. The second-order valence-corrected chi connectivity index (χ2v) is 7.97. The van der Waals surface area contributed by atoms with Gasteiger partial charge in [-0.1, -0.05) is 29.4 Å². The number of amides is 2. The third kappa shape index (κ3) is 4.57. The largest absolute Gasteiger partial charge is 0.495 e. The summed E-state index contributed by atoms with van der Waals surface area (Å²) in [5.74, 6) is 0.283. The molecule has 0 fully saturated rings. The molecule has 6 nitrogen and oxygen atoms in total. The number of carbonyl (C=O) groups is 2. The van der Waals surface area contributed by atoms with E-state index in [1.807, 2.05) is 24.4 Å². The summed E-state index contributed by atoms with van der Waals surface area (Å²) in [6, 6.07) is 8.90. The number of hydrogen-bond donors (Lipinski definition) is 1. The van der Waals surface area contributed by atoms with Gasteiger partial charge in [0.05, 0.1) is 23.6 Å². The SMILES string of the molecule is CCNC(=O)CSC1=NC(=Cc2cccs2)C(=O)N1c1ccc(OC)c(Cl)c1. The van der Waals surface area contributed by atoms with Gasteiger partial charge in [0.2, 0.25) is 5.91 Å². The maximum Gasteiger partial charge on any atom is 0.283 e. The van der Waals surface area contributed by atoms with Crippen molar-refractivity contribution in [3.8, 4) is 5.75 Å². The minimum absolute atomic E-state index is 0.119. The summed E-state index contributed by atoms with van der Waals surface area (Å²) >= 11 is 8.96. The third-order valence-electron chi connectivity index (χ3n) is 3.75. The Balaban J connectivity index is 1.93. The van der Waals surface area contributed by atoms with Crippen molar-refractivity contribution in [2.75, 3.05) is 24.3 Å². The van der Waals surface area contributed by atoms with Crippen LogP contribution in [0, 0.1) is 0 Å². The molecule has 146 valence electrons. The first-order valence-electron chi connectivity index (χ1n) is 8.45. The molecule has 28 heavy (non-hydrogen) atoms. The first-order valence-corrected chi connectivity index (χ1v) is 10.7. The van der Waals surface area contributed by atoms with Crippen LogP contribution in [0.25, 0.3) is 6.08 Å². The molecular weight excluding hydrogens is 418 g/mol. The predicted octanol–water partition coefficient (Wildman–Crippen LogP) is 4.02. The quantitative estimate of drug-likeness (QED) is 0.695. The van der Waals surface area contributed by atoms with E-state index in [-0.39, 0.29) is 17.6 Å². The molecule has 9 heteroatoms. The monoisotopic (exact) mass is 435 g/mol. The van der Waals surface area contributed by atoms with Crippen LogP contribution in [0.2, 0.25) is 5.02 Å². The van der Waals surface area contributed by atoms with Gasteiger partial charge in [0.15, 0.2) is 5.17 Å². The van der Waals surface area contributed by atoms with Crippen LogP contribution in [0.1, 0.15) is 11.8 Å². The smallest absolute Gasteiger partial charge is 0.283 e. The van der Waals surface area contributed by atoms with Gasteiger partial charge in [-0.2, -0.15) is 0 Å². The zero-order valence-electron chi connectivity index (χ0n) is 15.3. The number of nitrogens with one attached hydrogen (secondary N) is 1. The van der Waals surface area contributed by atoms with E-state index in [2.05, 4.69) is 10.3 Å². The number of amidine groups is 1. The number of nitrogens with zero attached hydrogens (tertiary/aromatic N) is 2. The van der Waals surface area contributed by atoms with E-state index >= 15 is 0 Å². The lowest BCUT2D eigenvalue weighted by molar-refractivity contribution is -0.118. The lowest BCUT2D eigenvalue weighted by Crippen LogP contribution is -2.32. The lowest BCUT2D eigenvalue weighted by Gasteiger charge is -2.18. The van der Waals surface area contributed by atoms with Gasteiger partial charge in [-0.25, -0.2) is 4.99 Å². The Morgan fingerprint density at radius 3 is 2.89 bits per heavy atom. The van der Waals surface area contributed by atoms with Gasteiger partial charge >= 0.3 is 0 Å². The van der Waals surface area contributed by atoms with E-state index < -0.39 is 0 Å². The van der Waals surface area contributed by atoms with Crippen molar-refractivity contribution in [3.63, 3.8) is 0 Å². The number of carbonyl (C=O) groups excluding carboxylic acids is 2. The van der Waals surface area contributed by atoms with Crippen LogP contribution < -0.4 is 15.0 Å². The lowest BCUT2D eigenvalue weighted by atomic mass is 10.2.